The van der Waals surface area contributed by atoms with Crippen molar-refractivity contribution in [3.8, 4) is 0 Å². The van der Waals surface area contributed by atoms with Crippen molar-refractivity contribution in [1.82, 2.24) is 19.5 Å². The van der Waals surface area contributed by atoms with Crippen LogP contribution in [0.4, 0.5) is 5.82 Å². The summed E-state index contributed by atoms with van der Waals surface area (Å²) in [6.07, 6.45) is 11.6. The molecular weight excluding hydrogens is 290 g/mol. The van der Waals surface area contributed by atoms with E-state index in [0.717, 1.165) is 49.2 Å². The number of aromatic nitrogens is 4. The van der Waals surface area contributed by atoms with Crippen LogP contribution in [0, 0.1) is 5.92 Å². The lowest BCUT2D eigenvalue weighted by Gasteiger charge is -2.12. The predicted molar refractivity (Wildman–Crippen MR) is 91.4 cm³/mol. The van der Waals surface area contributed by atoms with Crippen molar-refractivity contribution < 1.29 is 5.11 Å². The lowest BCUT2D eigenvalue weighted by molar-refractivity contribution is 0.226. The van der Waals surface area contributed by atoms with Crippen molar-refractivity contribution in [1.29, 1.82) is 0 Å². The molecule has 0 bridgehead atoms. The first-order valence-corrected chi connectivity index (χ1v) is 8.85. The van der Waals surface area contributed by atoms with E-state index in [4.69, 9.17) is 0 Å². The van der Waals surface area contributed by atoms with Crippen LogP contribution in [-0.4, -0.2) is 37.8 Å². The normalized spacial score (nSPS) is 21.1. The number of anilines is 1. The minimum Gasteiger partial charge on any atom is -0.396 e. The van der Waals surface area contributed by atoms with E-state index >= 15 is 0 Å². The molecule has 2 aromatic heterocycles. The Kier molecular flexibility index (Phi) is 5.43. The molecule has 2 atom stereocenters. The van der Waals surface area contributed by atoms with Crippen molar-refractivity contribution in [3.05, 3.63) is 12.7 Å². The highest BCUT2D eigenvalue weighted by Gasteiger charge is 2.27. The molecule has 0 radical (unpaired) electrons. The maximum Gasteiger partial charge on any atom is 0.165 e. The van der Waals surface area contributed by atoms with Gasteiger partial charge in [-0.15, -0.1) is 0 Å². The van der Waals surface area contributed by atoms with E-state index in [1.165, 1.54) is 19.3 Å². The quantitative estimate of drug-likeness (QED) is 0.731. The lowest BCUT2D eigenvalue weighted by atomic mass is 10.1. The molecule has 1 aliphatic rings. The number of aliphatic hydroxyl groups is 1. The number of fused-ring (bicyclic) bond motifs is 1. The summed E-state index contributed by atoms with van der Waals surface area (Å²) in [7, 11) is 0. The zero-order chi connectivity index (χ0) is 16.1. The third kappa shape index (κ3) is 3.63. The Morgan fingerprint density at radius 2 is 2.13 bits per heavy atom. The number of nitrogens with one attached hydrogen (secondary N) is 1. The molecule has 0 saturated heterocycles. The highest BCUT2D eigenvalue weighted by molar-refractivity contribution is 5.82. The van der Waals surface area contributed by atoms with Gasteiger partial charge in [0.25, 0.3) is 0 Å². The minimum atomic E-state index is 0.280. The molecule has 2 N–H and O–H groups in total. The van der Waals surface area contributed by atoms with Gasteiger partial charge in [-0.05, 0) is 31.6 Å². The maximum atomic E-state index is 9.34. The van der Waals surface area contributed by atoms with Gasteiger partial charge in [0.05, 0.1) is 6.33 Å². The van der Waals surface area contributed by atoms with Gasteiger partial charge in [-0.2, -0.15) is 0 Å². The van der Waals surface area contributed by atoms with Crippen LogP contribution in [0.15, 0.2) is 12.7 Å². The van der Waals surface area contributed by atoms with Crippen LogP contribution in [0.3, 0.4) is 0 Å². The molecule has 23 heavy (non-hydrogen) atoms. The number of nitrogens with zero attached hydrogens (tertiary/aromatic N) is 4. The van der Waals surface area contributed by atoms with Crippen LogP contribution in [0.25, 0.3) is 11.2 Å². The molecule has 0 amide bonds. The van der Waals surface area contributed by atoms with Crippen LogP contribution in [-0.2, 0) is 0 Å². The van der Waals surface area contributed by atoms with Crippen molar-refractivity contribution in [3.63, 3.8) is 0 Å². The third-order valence-electron chi connectivity index (χ3n) is 4.85. The summed E-state index contributed by atoms with van der Waals surface area (Å²) in [5.74, 6) is 1.25. The Bertz CT molecular complexity index is 626. The summed E-state index contributed by atoms with van der Waals surface area (Å²) in [6.45, 7) is 3.43. The summed E-state index contributed by atoms with van der Waals surface area (Å²) >= 11 is 0. The number of aliphatic hydroxyl groups excluding tert-OH is 1. The Morgan fingerprint density at radius 3 is 2.91 bits per heavy atom. The van der Waals surface area contributed by atoms with Crippen molar-refractivity contribution in [2.75, 3.05) is 18.5 Å². The van der Waals surface area contributed by atoms with E-state index in [1.54, 1.807) is 6.33 Å². The van der Waals surface area contributed by atoms with Gasteiger partial charge in [-0.1, -0.05) is 26.2 Å². The Morgan fingerprint density at radius 1 is 1.22 bits per heavy atom. The average Bonchev–Trinajstić information content (AvgIpc) is 3.21. The van der Waals surface area contributed by atoms with Gasteiger partial charge in [0.15, 0.2) is 11.5 Å². The van der Waals surface area contributed by atoms with E-state index in [-0.39, 0.29) is 6.61 Å². The summed E-state index contributed by atoms with van der Waals surface area (Å²) < 4.78 is 2.16. The second kappa shape index (κ2) is 7.73. The van der Waals surface area contributed by atoms with Gasteiger partial charge in [0.1, 0.15) is 11.8 Å². The molecule has 1 aliphatic carbocycles. The molecule has 1 fully saturated rings. The van der Waals surface area contributed by atoms with E-state index in [0.29, 0.717) is 12.0 Å². The third-order valence-corrected chi connectivity index (χ3v) is 4.85. The molecule has 3 rings (SSSR count). The molecule has 0 aliphatic heterocycles. The van der Waals surface area contributed by atoms with Crippen LogP contribution in [0.1, 0.15) is 57.9 Å². The van der Waals surface area contributed by atoms with Gasteiger partial charge in [-0.3, -0.25) is 0 Å². The van der Waals surface area contributed by atoms with Gasteiger partial charge in [0, 0.05) is 19.2 Å². The first-order chi connectivity index (χ1) is 11.3. The SMILES string of the molecule is CCCCCCNc1ncnc2c1ncn2C1CCC(CO)C1. The fraction of sp³-hybridized carbons (Fsp3) is 0.706. The van der Waals surface area contributed by atoms with Gasteiger partial charge >= 0.3 is 0 Å². The van der Waals surface area contributed by atoms with Crippen molar-refractivity contribution in [2.45, 2.75) is 57.9 Å². The highest BCUT2D eigenvalue weighted by atomic mass is 16.3. The molecule has 2 unspecified atom stereocenters. The van der Waals surface area contributed by atoms with E-state index in [2.05, 4.69) is 31.8 Å². The van der Waals surface area contributed by atoms with Crippen LogP contribution in [0.2, 0.25) is 0 Å². The van der Waals surface area contributed by atoms with Crippen LogP contribution < -0.4 is 5.32 Å². The number of hydrogen-bond acceptors (Lipinski definition) is 5. The molecule has 6 nitrogen and oxygen atoms in total. The first kappa shape index (κ1) is 16.2. The number of imidazole rings is 1. The number of rotatable bonds is 8. The van der Waals surface area contributed by atoms with Crippen LogP contribution >= 0.6 is 0 Å². The predicted octanol–water partition coefficient (Wildman–Crippen LogP) is 3.15. The second-order valence-corrected chi connectivity index (χ2v) is 6.55. The smallest absolute Gasteiger partial charge is 0.165 e. The van der Waals surface area contributed by atoms with Gasteiger partial charge in [0.2, 0.25) is 0 Å². The summed E-state index contributed by atoms with van der Waals surface area (Å²) in [6, 6.07) is 0.393. The Hall–Kier alpha value is -1.69. The molecule has 2 aromatic rings. The monoisotopic (exact) mass is 317 g/mol. The van der Waals surface area contributed by atoms with Gasteiger partial charge < -0.3 is 15.0 Å². The van der Waals surface area contributed by atoms with E-state index in [1.807, 2.05) is 6.33 Å². The fourth-order valence-corrected chi connectivity index (χ4v) is 3.47. The van der Waals surface area contributed by atoms with Gasteiger partial charge in [-0.25, -0.2) is 15.0 Å². The summed E-state index contributed by atoms with van der Waals surface area (Å²) in [4.78, 5) is 13.3. The fourth-order valence-electron chi connectivity index (χ4n) is 3.47. The zero-order valence-electron chi connectivity index (χ0n) is 13.9. The van der Waals surface area contributed by atoms with Crippen LogP contribution in [0.5, 0.6) is 0 Å². The highest BCUT2D eigenvalue weighted by Crippen LogP contribution is 2.36. The Balaban J connectivity index is 1.70. The summed E-state index contributed by atoms with van der Waals surface area (Å²) in [5.41, 5.74) is 1.76. The lowest BCUT2D eigenvalue weighted by Crippen LogP contribution is -2.08. The number of hydrogen-bond donors (Lipinski definition) is 2. The molecule has 6 heteroatoms. The molecule has 126 valence electrons. The van der Waals surface area contributed by atoms with E-state index in [9.17, 15) is 5.11 Å². The molecule has 1 saturated carbocycles. The first-order valence-electron chi connectivity index (χ1n) is 8.85. The van der Waals surface area contributed by atoms with E-state index < -0.39 is 0 Å². The topological polar surface area (TPSA) is 75.9 Å². The summed E-state index contributed by atoms with van der Waals surface area (Å²) in [5, 5.41) is 12.7. The average molecular weight is 317 g/mol. The second-order valence-electron chi connectivity index (χ2n) is 6.55. The molecular formula is C17H27N5O. The standard InChI is InChI=1S/C17H27N5O/c1-2-3-4-5-8-18-16-15-17(20-11-19-16)22(12-21-15)14-7-6-13(9-14)10-23/h11-14,23H,2-10H2,1H3,(H,18,19,20). The maximum absolute atomic E-state index is 9.34. The number of unbranched alkanes of at least 4 members (excludes halogenated alkanes) is 3. The molecule has 0 spiro atoms. The zero-order valence-corrected chi connectivity index (χ0v) is 13.9. The molecule has 0 aromatic carbocycles. The molecule has 2 heterocycles. The van der Waals surface area contributed by atoms with Crippen molar-refractivity contribution in [2.24, 2.45) is 5.92 Å². The van der Waals surface area contributed by atoms with Crippen molar-refractivity contribution >= 4 is 17.0 Å². The Labute approximate surface area is 137 Å². The minimum absolute atomic E-state index is 0.280. The largest absolute Gasteiger partial charge is 0.396 e.